The van der Waals surface area contributed by atoms with Crippen LogP contribution in [0.15, 0.2) is 35.0 Å². The Bertz CT molecular complexity index is 629. The van der Waals surface area contributed by atoms with Gasteiger partial charge in [0, 0.05) is 12.2 Å². The third-order valence-corrected chi connectivity index (χ3v) is 4.24. The summed E-state index contributed by atoms with van der Waals surface area (Å²) >= 11 is 1.57. The topological polar surface area (TPSA) is 70.6 Å². The smallest absolute Gasteiger partial charge is 0.319 e. The van der Waals surface area contributed by atoms with Crippen molar-refractivity contribution in [1.82, 2.24) is 5.32 Å². The van der Waals surface area contributed by atoms with Crippen molar-refractivity contribution >= 4 is 23.1 Å². The van der Waals surface area contributed by atoms with Crippen molar-refractivity contribution in [3.8, 4) is 0 Å². The molecule has 1 atom stereocenters. The molecule has 3 N–H and O–H groups in total. The highest BCUT2D eigenvalue weighted by Gasteiger charge is 2.14. The second kappa shape index (κ2) is 8.67. The van der Waals surface area contributed by atoms with E-state index in [1.54, 1.807) is 11.3 Å². The van der Waals surface area contributed by atoms with Gasteiger partial charge < -0.3 is 20.5 Å². The minimum atomic E-state index is -0.277. The first kappa shape index (κ1) is 17.5. The number of aliphatic hydroxyl groups is 1. The molecule has 1 aromatic carbocycles. The molecule has 23 heavy (non-hydrogen) atoms. The molecule has 0 unspecified atom stereocenters. The van der Waals surface area contributed by atoms with Gasteiger partial charge in [-0.25, -0.2) is 4.79 Å². The van der Waals surface area contributed by atoms with Crippen LogP contribution >= 0.6 is 11.3 Å². The largest absolute Gasteiger partial charge is 0.394 e. The van der Waals surface area contributed by atoms with Gasteiger partial charge in [0.15, 0.2) is 0 Å². The van der Waals surface area contributed by atoms with Gasteiger partial charge in [0.05, 0.1) is 13.2 Å². The van der Waals surface area contributed by atoms with E-state index in [-0.39, 0.29) is 25.3 Å². The summed E-state index contributed by atoms with van der Waals surface area (Å²) in [6.07, 6.45) is -0.265. The highest BCUT2D eigenvalue weighted by molar-refractivity contribution is 7.07. The Balaban J connectivity index is 1.89. The van der Waals surface area contributed by atoms with E-state index in [1.165, 1.54) is 5.56 Å². The molecule has 0 bridgehead atoms. The number of hydrogen-bond acceptors (Lipinski definition) is 4. The summed E-state index contributed by atoms with van der Waals surface area (Å²) in [5.41, 5.74) is 4.07. The van der Waals surface area contributed by atoms with Crippen LogP contribution in [0, 0.1) is 13.8 Å². The van der Waals surface area contributed by atoms with Crippen molar-refractivity contribution in [2.75, 3.05) is 25.1 Å². The fourth-order valence-corrected chi connectivity index (χ4v) is 2.81. The summed E-state index contributed by atoms with van der Waals surface area (Å²) in [7, 11) is 0. The van der Waals surface area contributed by atoms with Crippen LogP contribution in [0.4, 0.5) is 10.5 Å². The van der Waals surface area contributed by atoms with Crippen LogP contribution < -0.4 is 10.6 Å². The van der Waals surface area contributed by atoms with Crippen molar-refractivity contribution in [2.45, 2.75) is 20.0 Å². The number of rotatable bonds is 7. The average molecular weight is 334 g/mol. The van der Waals surface area contributed by atoms with E-state index in [1.807, 2.05) is 48.9 Å². The molecule has 0 aliphatic rings. The zero-order valence-electron chi connectivity index (χ0n) is 13.3. The van der Waals surface area contributed by atoms with Gasteiger partial charge in [-0.15, -0.1) is 0 Å². The summed E-state index contributed by atoms with van der Waals surface area (Å²) in [5, 5.41) is 18.5. The first-order chi connectivity index (χ1) is 11.1. The molecular weight excluding hydrogens is 312 g/mol. The quantitative estimate of drug-likeness (QED) is 0.728. The van der Waals surface area contributed by atoms with Crippen LogP contribution in [0.1, 0.15) is 22.8 Å². The number of hydrogen-bond donors (Lipinski definition) is 3. The normalized spacial score (nSPS) is 12.0. The molecule has 2 aromatic rings. The Morgan fingerprint density at radius 3 is 2.78 bits per heavy atom. The molecule has 6 heteroatoms. The lowest BCUT2D eigenvalue weighted by atomic mass is 10.1. The number of ether oxygens (including phenoxy) is 1. The Hall–Kier alpha value is -1.89. The summed E-state index contributed by atoms with van der Waals surface area (Å²) in [6, 6.07) is 7.47. The molecule has 0 fully saturated rings. The standard InChI is InChI=1S/C17H22N2O3S/c1-12-3-4-15(9-13(12)2)19-17(21)18-10-16(22-7-6-20)14-5-8-23-11-14/h3-5,8-9,11,16,20H,6-7,10H2,1-2H3,(H2,18,19,21)/t16-/m1/s1. The van der Waals surface area contributed by atoms with Gasteiger partial charge in [-0.2, -0.15) is 11.3 Å². The fraction of sp³-hybridized carbons (Fsp3) is 0.353. The van der Waals surface area contributed by atoms with Crippen LogP contribution in [0.3, 0.4) is 0 Å². The van der Waals surface area contributed by atoms with Gasteiger partial charge in [-0.1, -0.05) is 6.07 Å². The maximum Gasteiger partial charge on any atom is 0.319 e. The zero-order valence-corrected chi connectivity index (χ0v) is 14.2. The van der Waals surface area contributed by atoms with E-state index >= 15 is 0 Å². The van der Waals surface area contributed by atoms with Gasteiger partial charge in [-0.05, 0) is 59.5 Å². The van der Waals surface area contributed by atoms with E-state index in [0.29, 0.717) is 6.54 Å². The molecule has 1 heterocycles. The van der Waals surface area contributed by atoms with Crippen LogP contribution in [0.5, 0.6) is 0 Å². The number of aryl methyl sites for hydroxylation is 2. The van der Waals surface area contributed by atoms with Crippen molar-refractivity contribution in [2.24, 2.45) is 0 Å². The lowest BCUT2D eigenvalue weighted by Gasteiger charge is -2.17. The highest BCUT2D eigenvalue weighted by atomic mass is 32.1. The third-order valence-electron chi connectivity index (χ3n) is 3.54. The minimum absolute atomic E-state index is 0.0462. The number of amides is 2. The van der Waals surface area contributed by atoms with Gasteiger partial charge in [0.1, 0.15) is 6.10 Å². The van der Waals surface area contributed by atoms with E-state index in [2.05, 4.69) is 10.6 Å². The molecule has 5 nitrogen and oxygen atoms in total. The highest BCUT2D eigenvalue weighted by Crippen LogP contribution is 2.19. The number of carbonyl (C=O) groups is 1. The average Bonchev–Trinajstić information content (AvgIpc) is 3.05. The Labute approximate surface area is 140 Å². The predicted molar refractivity (Wildman–Crippen MR) is 93.0 cm³/mol. The molecule has 0 aliphatic carbocycles. The van der Waals surface area contributed by atoms with Gasteiger partial charge in [0.25, 0.3) is 0 Å². The molecule has 0 saturated heterocycles. The van der Waals surface area contributed by atoms with Gasteiger partial charge in [0.2, 0.25) is 0 Å². The fourth-order valence-electron chi connectivity index (χ4n) is 2.11. The molecular formula is C17H22N2O3S. The summed E-state index contributed by atoms with van der Waals surface area (Å²) in [4.78, 5) is 12.0. The summed E-state index contributed by atoms with van der Waals surface area (Å²) < 4.78 is 5.59. The van der Waals surface area contributed by atoms with Gasteiger partial charge in [-0.3, -0.25) is 0 Å². The first-order valence-electron chi connectivity index (χ1n) is 7.47. The number of thiophene rings is 1. The van der Waals surface area contributed by atoms with Crippen molar-refractivity contribution < 1.29 is 14.6 Å². The molecule has 1 aromatic heterocycles. The second-order valence-corrected chi connectivity index (χ2v) is 6.05. The lowest BCUT2D eigenvalue weighted by Crippen LogP contribution is -2.33. The number of benzene rings is 1. The minimum Gasteiger partial charge on any atom is -0.394 e. The van der Waals surface area contributed by atoms with E-state index in [0.717, 1.165) is 16.8 Å². The van der Waals surface area contributed by atoms with Crippen molar-refractivity contribution in [3.63, 3.8) is 0 Å². The molecule has 2 amide bonds. The third kappa shape index (κ3) is 5.35. The van der Waals surface area contributed by atoms with Crippen molar-refractivity contribution in [3.05, 3.63) is 51.7 Å². The number of nitrogens with one attached hydrogen (secondary N) is 2. The molecule has 2 rings (SSSR count). The number of carbonyl (C=O) groups excluding carboxylic acids is 1. The summed E-state index contributed by atoms with van der Waals surface area (Å²) in [5.74, 6) is 0. The summed E-state index contributed by atoms with van der Waals surface area (Å²) in [6.45, 7) is 4.57. The van der Waals surface area contributed by atoms with E-state index in [9.17, 15) is 4.79 Å². The van der Waals surface area contributed by atoms with E-state index < -0.39 is 0 Å². The Kier molecular flexibility index (Phi) is 6.58. The van der Waals surface area contributed by atoms with Crippen molar-refractivity contribution in [1.29, 1.82) is 0 Å². The van der Waals surface area contributed by atoms with Crippen LogP contribution in [-0.2, 0) is 4.74 Å². The Morgan fingerprint density at radius 2 is 2.13 bits per heavy atom. The maximum absolute atomic E-state index is 12.0. The first-order valence-corrected chi connectivity index (χ1v) is 8.41. The molecule has 124 valence electrons. The van der Waals surface area contributed by atoms with Crippen LogP contribution in [0.2, 0.25) is 0 Å². The molecule has 0 saturated carbocycles. The lowest BCUT2D eigenvalue weighted by molar-refractivity contribution is 0.0299. The molecule has 0 aliphatic heterocycles. The molecule has 0 radical (unpaired) electrons. The molecule has 0 spiro atoms. The zero-order chi connectivity index (χ0) is 16.7. The number of anilines is 1. The van der Waals surface area contributed by atoms with Gasteiger partial charge >= 0.3 is 6.03 Å². The predicted octanol–water partition coefficient (Wildman–Crippen LogP) is 3.24. The maximum atomic E-state index is 12.0. The van der Waals surface area contributed by atoms with E-state index in [4.69, 9.17) is 9.84 Å². The van der Waals surface area contributed by atoms with Crippen LogP contribution in [-0.4, -0.2) is 30.9 Å². The SMILES string of the molecule is Cc1ccc(NC(=O)NC[C@@H](OCCO)c2ccsc2)cc1C. The monoisotopic (exact) mass is 334 g/mol. The number of urea groups is 1. The van der Waals surface area contributed by atoms with Crippen LogP contribution in [0.25, 0.3) is 0 Å². The Morgan fingerprint density at radius 1 is 1.30 bits per heavy atom. The number of aliphatic hydroxyl groups excluding tert-OH is 1. The second-order valence-electron chi connectivity index (χ2n) is 5.27.